The largest absolute Gasteiger partial charge is 0.466 e. The Labute approximate surface area is 159 Å². The molecule has 0 saturated carbocycles. The number of rotatable bonds is 8. The molecule has 0 aliphatic carbocycles. The average Bonchev–Trinajstić information content (AvgIpc) is 3.07. The third-order valence-corrected chi connectivity index (χ3v) is 4.24. The minimum Gasteiger partial charge on any atom is -0.466 e. The van der Waals surface area contributed by atoms with E-state index in [2.05, 4.69) is 15.6 Å². The molecule has 0 amide bonds. The van der Waals surface area contributed by atoms with E-state index in [1.807, 2.05) is 11.8 Å². The van der Waals surface area contributed by atoms with Crippen LogP contribution in [0.5, 0.6) is 0 Å². The zero-order valence-electron chi connectivity index (χ0n) is 15.9. The Hall–Kier alpha value is -2.38. The molecule has 0 spiro atoms. The van der Waals surface area contributed by atoms with Crippen LogP contribution in [0, 0.1) is 11.6 Å². The number of carbonyl (C=O) groups excluding carboxylic acids is 1. The molecule has 1 saturated heterocycles. The topological polar surface area (TPSA) is 66.0 Å². The quantitative estimate of drug-likeness (QED) is 0.313. The molecule has 1 fully saturated rings. The van der Waals surface area contributed by atoms with Gasteiger partial charge >= 0.3 is 5.97 Å². The van der Waals surface area contributed by atoms with E-state index in [0.29, 0.717) is 57.3 Å². The first kappa shape index (κ1) is 20.9. The maximum atomic E-state index is 14.0. The Kier molecular flexibility index (Phi) is 8.29. The summed E-state index contributed by atoms with van der Waals surface area (Å²) in [6, 6.07) is 3.76. The Morgan fingerprint density at radius 2 is 2.19 bits per heavy atom. The molecule has 1 heterocycles. The Morgan fingerprint density at radius 1 is 1.37 bits per heavy atom. The molecule has 1 aromatic carbocycles. The molecule has 27 heavy (non-hydrogen) atoms. The summed E-state index contributed by atoms with van der Waals surface area (Å²) in [6.07, 6.45) is 1.79. The molecule has 1 aromatic rings. The number of benzene rings is 1. The predicted molar refractivity (Wildman–Crippen MR) is 102 cm³/mol. The lowest BCUT2D eigenvalue weighted by molar-refractivity contribution is -0.143. The van der Waals surface area contributed by atoms with Crippen molar-refractivity contribution in [3.05, 3.63) is 29.8 Å². The number of hydrogen-bond acceptors (Lipinski definition) is 4. The predicted octanol–water partition coefficient (Wildman–Crippen LogP) is 2.44. The molecule has 1 aliphatic heterocycles. The number of esters is 1. The van der Waals surface area contributed by atoms with Gasteiger partial charge in [0.05, 0.1) is 12.3 Å². The van der Waals surface area contributed by atoms with Crippen molar-refractivity contribution in [2.24, 2.45) is 4.99 Å². The molecular weight excluding hydrogens is 354 g/mol. The Bertz CT molecular complexity index is 655. The first-order valence-corrected chi connectivity index (χ1v) is 9.44. The van der Waals surface area contributed by atoms with Gasteiger partial charge in [0.1, 0.15) is 11.6 Å². The van der Waals surface area contributed by atoms with Crippen LogP contribution in [0.25, 0.3) is 0 Å². The lowest BCUT2D eigenvalue weighted by atomic mass is 10.2. The highest BCUT2D eigenvalue weighted by Crippen LogP contribution is 2.24. The second kappa shape index (κ2) is 10.7. The van der Waals surface area contributed by atoms with Gasteiger partial charge in [-0.2, -0.15) is 0 Å². The Morgan fingerprint density at radius 3 is 2.89 bits per heavy atom. The van der Waals surface area contributed by atoms with Crippen LogP contribution in [0.3, 0.4) is 0 Å². The summed E-state index contributed by atoms with van der Waals surface area (Å²) in [7, 11) is 0. The summed E-state index contributed by atoms with van der Waals surface area (Å²) in [5.41, 5.74) is 0.414. The van der Waals surface area contributed by atoms with Gasteiger partial charge in [-0.3, -0.25) is 9.79 Å². The number of anilines is 1. The van der Waals surface area contributed by atoms with E-state index >= 15 is 0 Å². The minimum absolute atomic E-state index is 0.109. The van der Waals surface area contributed by atoms with Crippen LogP contribution in [0.1, 0.15) is 33.1 Å². The molecule has 0 bridgehead atoms. The van der Waals surface area contributed by atoms with E-state index in [0.717, 1.165) is 12.5 Å². The van der Waals surface area contributed by atoms with Gasteiger partial charge in [-0.15, -0.1) is 0 Å². The molecule has 0 radical (unpaired) electrons. The van der Waals surface area contributed by atoms with Crippen LogP contribution in [0.4, 0.5) is 14.5 Å². The van der Waals surface area contributed by atoms with Crippen LogP contribution in [0.2, 0.25) is 0 Å². The monoisotopic (exact) mass is 382 g/mol. The molecule has 1 aliphatic rings. The first-order valence-electron chi connectivity index (χ1n) is 9.44. The summed E-state index contributed by atoms with van der Waals surface area (Å²) >= 11 is 0. The normalized spacial score (nSPS) is 17.1. The average molecular weight is 382 g/mol. The number of hydrogen-bond donors (Lipinski definition) is 2. The van der Waals surface area contributed by atoms with Crippen molar-refractivity contribution >= 4 is 17.6 Å². The second-order valence-corrected chi connectivity index (χ2v) is 6.34. The number of ether oxygens (including phenoxy) is 1. The van der Waals surface area contributed by atoms with Crippen molar-refractivity contribution < 1.29 is 18.3 Å². The van der Waals surface area contributed by atoms with Crippen LogP contribution in [-0.2, 0) is 9.53 Å². The van der Waals surface area contributed by atoms with E-state index < -0.39 is 11.6 Å². The van der Waals surface area contributed by atoms with E-state index in [1.165, 1.54) is 12.1 Å². The number of halogens is 2. The minimum atomic E-state index is -0.575. The van der Waals surface area contributed by atoms with Crippen molar-refractivity contribution in [3.63, 3.8) is 0 Å². The summed E-state index contributed by atoms with van der Waals surface area (Å²) < 4.78 is 31.9. The summed E-state index contributed by atoms with van der Waals surface area (Å²) in [5.74, 6) is -0.657. The third-order valence-electron chi connectivity index (χ3n) is 4.24. The fourth-order valence-electron chi connectivity index (χ4n) is 3.00. The SMILES string of the molecule is CCNC(=NCCCC(=O)OCC)NC1CCN(c2ccc(F)cc2F)C1. The smallest absolute Gasteiger partial charge is 0.305 e. The van der Waals surface area contributed by atoms with Crippen molar-refractivity contribution in [1.82, 2.24) is 10.6 Å². The van der Waals surface area contributed by atoms with Gasteiger partial charge in [-0.1, -0.05) is 0 Å². The molecule has 8 heteroatoms. The fraction of sp³-hybridized carbons (Fsp3) is 0.579. The lowest BCUT2D eigenvalue weighted by Crippen LogP contribution is -2.44. The van der Waals surface area contributed by atoms with Gasteiger partial charge in [-0.25, -0.2) is 8.78 Å². The highest BCUT2D eigenvalue weighted by molar-refractivity contribution is 5.80. The van der Waals surface area contributed by atoms with Crippen molar-refractivity contribution in [2.75, 3.05) is 37.7 Å². The summed E-state index contributed by atoms with van der Waals surface area (Å²) in [6.45, 7) is 6.66. The fourth-order valence-corrected chi connectivity index (χ4v) is 3.00. The highest BCUT2D eigenvalue weighted by atomic mass is 19.1. The van der Waals surface area contributed by atoms with E-state index in [4.69, 9.17) is 4.74 Å². The number of nitrogens with zero attached hydrogens (tertiary/aromatic N) is 2. The van der Waals surface area contributed by atoms with Gasteiger partial charge in [-0.05, 0) is 38.8 Å². The molecule has 0 aromatic heterocycles. The van der Waals surface area contributed by atoms with E-state index in [9.17, 15) is 13.6 Å². The maximum absolute atomic E-state index is 14.0. The summed E-state index contributed by atoms with van der Waals surface area (Å²) in [5, 5.41) is 6.52. The highest BCUT2D eigenvalue weighted by Gasteiger charge is 2.25. The van der Waals surface area contributed by atoms with Gasteiger partial charge in [0.15, 0.2) is 5.96 Å². The second-order valence-electron chi connectivity index (χ2n) is 6.34. The number of guanidine groups is 1. The molecule has 150 valence electrons. The number of nitrogens with one attached hydrogen (secondary N) is 2. The Balaban J connectivity index is 1.85. The lowest BCUT2D eigenvalue weighted by Gasteiger charge is -2.21. The molecular formula is C19H28F2N4O2. The third kappa shape index (κ3) is 6.69. The zero-order chi connectivity index (χ0) is 19.6. The van der Waals surface area contributed by atoms with Crippen LogP contribution in [0.15, 0.2) is 23.2 Å². The number of aliphatic imine (C=N–C) groups is 1. The molecule has 2 N–H and O–H groups in total. The standard InChI is InChI=1S/C19H28F2N4O2/c1-3-22-19(23-10-5-6-18(26)27-4-2)24-15-9-11-25(13-15)17-8-7-14(20)12-16(17)21/h7-8,12,15H,3-6,9-11,13H2,1-2H3,(H2,22,23,24). The first-order chi connectivity index (χ1) is 13.0. The van der Waals surface area contributed by atoms with Gasteiger partial charge in [0, 0.05) is 44.7 Å². The van der Waals surface area contributed by atoms with Crippen molar-refractivity contribution in [1.29, 1.82) is 0 Å². The molecule has 2 rings (SSSR count). The zero-order valence-corrected chi connectivity index (χ0v) is 15.9. The molecule has 1 unspecified atom stereocenters. The van der Waals surface area contributed by atoms with Gasteiger partial charge in [0.25, 0.3) is 0 Å². The van der Waals surface area contributed by atoms with Gasteiger partial charge in [0.2, 0.25) is 0 Å². The van der Waals surface area contributed by atoms with E-state index in [1.54, 1.807) is 6.92 Å². The number of carbonyl (C=O) groups is 1. The molecule has 1 atom stereocenters. The van der Waals surface area contributed by atoms with Crippen LogP contribution in [-0.4, -0.2) is 50.8 Å². The summed E-state index contributed by atoms with van der Waals surface area (Å²) in [4.78, 5) is 17.7. The molecule has 6 nitrogen and oxygen atoms in total. The van der Waals surface area contributed by atoms with Crippen molar-refractivity contribution in [3.8, 4) is 0 Å². The maximum Gasteiger partial charge on any atom is 0.305 e. The van der Waals surface area contributed by atoms with Crippen molar-refractivity contribution in [2.45, 2.75) is 39.2 Å². The van der Waals surface area contributed by atoms with Crippen LogP contribution >= 0.6 is 0 Å². The van der Waals surface area contributed by atoms with Gasteiger partial charge < -0.3 is 20.3 Å². The van der Waals surface area contributed by atoms with E-state index in [-0.39, 0.29) is 12.0 Å². The van der Waals surface area contributed by atoms with Crippen LogP contribution < -0.4 is 15.5 Å².